The summed E-state index contributed by atoms with van der Waals surface area (Å²) in [6.45, 7) is 5.65. The zero-order valence-electron chi connectivity index (χ0n) is 16.3. The standard InChI is InChI=1S/C22H24N2O4/c1-14(2)28-20-7-5-4-6-19(20)24-13-17(12-21(24)26)22(27)23-18-10-8-16(9-11-18)15(3)25/h4-11,14,17H,12-13H2,1-3H3,(H,23,27). The molecule has 0 bridgehead atoms. The average molecular weight is 380 g/mol. The topological polar surface area (TPSA) is 75.7 Å². The molecular formula is C22H24N2O4. The molecule has 6 heteroatoms. The van der Waals surface area contributed by atoms with Crippen LogP contribution in [0.4, 0.5) is 11.4 Å². The van der Waals surface area contributed by atoms with Crippen molar-refractivity contribution >= 4 is 29.0 Å². The van der Waals surface area contributed by atoms with E-state index < -0.39 is 5.92 Å². The molecule has 3 rings (SSSR count). The van der Waals surface area contributed by atoms with Crippen molar-refractivity contribution in [3.8, 4) is 5.75 Å². The fraction of sp³-hybridized carbons (Fsp3) is 0.318. The number of nitrogens with one attached hydrogen (secondary N) is 1. The molecule has 28 heavy (non-hydrogen) atoms. The van der Waals surface area contributed by atoms with Crippen LogP contribution < -0.4 is 15.0 Å². The molecule has 1 aliphatic heterocycles. The van der Waals surface area contributed by atoms with E-state index in [2.05, 4.69) is 5.32 Å². The zero-order chi connectivity index (χ0) is 20.3. The molecule has 146 valence electrons. The smallest absolute Gasteiger partial charge is 0.229 e. The van der Waals surface area contributed by atoms with Gasteiger partial charge in [0.15, 0.2) is 5.78 Å². The highest BCUT2D eigenvalue weighted by atomic mass is 16.5. The lowest BCUT2D eigenvalue weighted by atomic mass is 10.1. The third kappa shape index (κ3) is 4.39. The third-order valence-corrected chi connectivity index (χ3v) is 4.57. The molecule has 6 nitrogen and oxygen atoms in total. The maximum absolute atomic E-state index is 12.6. The van der Waals surface area contributed by atoms with Gasteiger partial charge >= 0.3 is 0 Å². The van der Waals surface area contributed by atoms with Gasteiger partial charge in [0.1, 0.15) is 5.75 Å². The van der Waals surface area contributed by atoms with E-state index in [-0.39, 0.29) is 30.1 Å². The summed E-state index contributed by atoms with van der Waals surface area (Å²) >= 11 is 0. The first-order valence-electron chi connectivity index (χ1n) is 9.33. The maximum atomic E-state index is 12.6. The van der Waals surface area contributed by atoms with Crippen LogP contribution in [0.5, 0.6) is 5.75 Å². The van der Waals surface area contributed by atoms with Crippen molar-refractivity contribution in [3.05, 3.63) is 54.1 Å². The van der Waals surface area contributed by atoms with Crippen LogP contribution in [0.2, 0.25) is 0 Å². The van der Waals surface area contributed by atoms with E-state index in [0.717, 1.165) is 0 Å². The van der Waals surface area contributed by atoms with Gasteiger partial charge in [-0.15, -0.1) is 0 Å². The molecule has 1 unspecified atom stereocenters. The second kappa shape index (κ2) is 8.25. The minimum absolute atomic E-state index is 0.0177. The summed E-state index contributed by atoms with van der Waals surface area (Å²) in [5.41, 5.74) is 1.87. The zero-order valence-corrected chi connectivity index (χ0v) is 16.3. The number of anilines is 2. The fourth-order valence-electron chi connectivity index (χ4n) is 3.18. The van der Waals surface area contributed by atoms with Gasteiger partial charge in [0.2, 0.25) is 11.8 Å². The molecule has 1 saturated heterocycles. The second-order valence-corrected chi connectivity index (χ2v) is 7.16. The summed E-state index contributed by atoms with van der Waals surface area (Å²) in [5, 5.41) is 2.83. The number of benzene rings is 2. The van der Waals surface area contributed by atoms with Crippen LogP contribution in [0.15, 0.2) is 48.5 Å². The minimum Gasteiger partial charge on any atom is -0.489 e. The molecule has 0 aliphatic carbocycles. The molecular weight excluding hydrogens is 356 g/mol. The van der Waals surface area contributed by atoms with Gasteiger partial charge in [0.05, 0.1) is 17.7 Å². The Morgan fingerprint density at radius 3 is 2.43 bits per heavy atom. The van der Waals surface area contributed by atoms with E-state index in [9.17, 15) is 14.4 Å². The highest BCUT2D eigenvalue weighted by molar-refractivity contribution is 6.04. The van der Waals surface area contributed by atoms with Gasteiger partial charge in [-0.1, -0.05) is 12.1 Å². The first-order chi connectivity index (χ1) is 13.3. The Balaban J connectivity index is 1.70. The molecule has 1 atom stereocenters. The summed E-state index contributed by atoms with van der Waals surface area (Å²) in [7, 11) is 0. The Hall–Kier alpha value is -3.15. The van der Waals surface area contributed by atoms with E-state index in [4.69, 9.17) is 4.74 Å². The van der Waals surface area contributed by atoms with E-state index in [1.165, 1.54) is 6.92 Å². The summed E-state index contributed by atoms with van der Waals surface area (Å²) in [4.78, 5) is 38.1. The molecule has 2 aromatic rings. The summed E-state index contributed by atoms with van der Waals surface area (Å²) in [5.74, 6) is -0.170. The van der Waals surface area contributed by atoms with Crippen molar-refractivity contribution in [2.45, 2.75) is 33.3 Å². The van der Waals surface area contributed by atoms with Crippen LogP contribution in [0.25, 0.3) is 0 Å². The Morgan fingerprint density at radius 1 is 1.11 bits per heavy atom. The van der Waals surface area contributed by atoms with Crippen LogP contribution in [0.1, 0.15) is 37.6 Å². The fourth-order valence-corrected chi connectivity index (χ4v) is 3.18. The van der Waals surface area contributed by atoms with E-state index in [0.29, 0.717) is 29.2 Å². The number of amides is 2. The maximum Gasteiger partial charge on any atom is 0.229 e. The molecule has 1 fully saturated rings. The number of para-hydroxylation sites is 2. The van der Waals surface area contributed by atoms with Crippen LogP contribution in [-0.4, -0.2) is 30.2 Å². The van der Waals surface area contributed by atoms with Crippen molar-refractivity contribution in [1.29, 1.82) is 0 Å². The van der Waals surface area contributed by atoms with Crippen molar-refractivity contribution in [2.24, 2.45) is 5.92 Å². The number of nitrogens with zero attached hydrogens (tertiary/aromatic N) is 1. The number of ether oxygens (including phenoxy) is 1. The van der Waals surface area contributed by atoms with Gasteiger partial charge < -0.3 is 15.0 Å². The van der Waals surface area contributed by atoms with E-state index >= 15 is 0 Å². The molecule has 1 aliphatic rings. The summed E-state index contributed by atoms with van der Waals surface area (Å²) < 4.78 is 5.81. The largest absolute Gasteiger partial charge is 0.489 e. The van der Waals surface area contributed by atoms with E-state index in [1.54, 1.807) is 29.2 Å². The average Bonchev–Trinajstić information content (AvgIpc) is 3.04. The van der Waals surface area contributed by atoms with Crippen LogP contribution in [0.3, 0.4) is 0 Å². The van der Waals surface area contributed by atoms with Crippen molar-refractivity contribution in [2.75, 3.05) is 16.8 Å². The molecule has 0 aromatic heterocycles. The Morgan fingerprint density at radius 2 is 1.79 bits per heavy atom. The summed E-state index contributed by atoms with van der Waals surface area (Å²) in [6, 6.07) is 14.1. The lowest BCUT2D eigenvalue weighted by molar-refractivity contribution is -0.122. The Bertz CT molecular complexity index is 890. The Labute approximate surface area is 164 Å². The van der Waals surface area contributed by atoms with Crippen LogP contribution in [0, 0.1) is 5.92 Å². The number of hydrogen-bond acceptors (Lipinski definition) is 4. The van der Waals surface area contributed by atoms with Gasteiger partial charge in [0, 0.05) is 24.2 Å². The molecule has 0 spiro atoms. The number of carbonyl (C=O) groups is 3. The number of carbonyl (C=O) groups excluding carboxylic acids is 3. The van der Waals surface area contributed by atoms with Gasteiger partial charge in [-0.05, 0) is 57.2 Å². The lowest BCUT2D eigenvalue weighted by Gasteiger charge is -2.21. The normalized spacial score (nSPS) is 16.4. The van der Waals surface area contributed by atoms with Crippen molar-refractivity contribution in [3.63, 3.8) is 0 Å². The van der Waals surface area contributed by atoms with Crippen LogP contribution in [-0.2, 0) is 9.59 Å². The highest BCUT2D eigenvalue weighted by Crippen LogP contribution is 2.34. The number of ketones is 1. The number of rotatable bonds is 6. The third-order valence-electron chi connectivity index (χ3n) is 4.57. The number of Topliss-reactive ketones (excluding diaryl/α,β-unsaturated/α-hetero) is 1. The first-order valence-corrected chi connectivity index (χ1v) is 9.33. The molecule has 1 N–H and O–H groups in total. The summed E-state index contributed by atoms with van der Waals surface area (Å²) in [6.07, 6.45) is 0.129. The Kier molecular flexibility index (Phi) is 5.78. The van der Waals surface area contributed by atoms with Gasteiger partial charge in [-0.3, -0.25) is 14.4 Å². The highest BCUT2D eigenvalue weighted by Gasteiger charge is 2.36. The SMILES string of the molecule is CC(=O)c1ccc(NC(=O)C2CC(=O)N(c3ccccc3OC(C)C)C2)cc1. The predicted molar refractivity (Wildman–Crippen MR) is 108 cm³/mol. The molecule has 0 saturated carbocycles. The lowest BCUT2D eigenvalue weighted by Crippen LogP contribution is -2.28. The molecule has 2 amide bonds. The van der Waals surface area contributed by atoms with Gasteiger partial charge in [-0.25, -0.2) is 0 Å². The quantitative estimate of drug-likeness (QED) is 0.776. The monoisotopic (exact) mass is 380 g/mol. The van der Waals surface area contributed by atoms with Gasteiger partial charge in [0.25, 0.3) is 0 Å². The first kappa shape index (κ1) is 19.6. The molecule has 2 aromatic carbocycles. The second-order valence-electron chi connectivity index (χ2n) is 7.16. The number of hydrogen-bond donors (Lipinski definition) is 1. The van der Waals surface area contributed by atoms with Crippen molar-refractivity contribution in [1.82, 2.24) is 0 Å². The predicted octanol–water partition coefficient (Wildman–Crippen LogP) is 3.67. The molecule has 0 radical (unpaired) electrons. The minimum atomic E-state index is -0.452. The van der Waals surface area contributed by atoms with Gasteiger partial charge in [-0.2, -0.15) is 0 Å². The van der Waals surface area contributed by atoms with Crippen molar-refractivity contribution < 1.29 is 19.1 Å². The molecule has 1 heterocycles. The van der Waals surface area contributed by atoms with Crippen LogP contribution >= 0.6 is 0 Å². The van der Waals surface area contributed by atoms with E-state index in [1.807, 2.05) is 38.1 Å².